The molecule has 0 radical (unpaired) electrons. The van der Waals surface area contributed by atoms with Gasteiger partial charge in [-0.25, -0.2) is 9.69 Å². The average Bonchev–Trinajstić information content (AvgIpc) is 2.74. The van der Waals surface area contributed by atoms with Crippen molar-refractivity contribution < 1.29 is 14.4 Å². The summed E-state index contributed by atoms with van der Waals surface area (Å²) in [5.74, 6) is -1.06. The molecule has 1 aliphatic heterocycles. The number of urea groups is 1. The lowest BCUT2D eigenvalue weighted by Gasteiger charge is -2.24. The third kappa shape index (κ3) is 1.67. The second-order valence-corrected chi connectivity index (χ2v) is 4.85. The van der Waals surface area contributed by atoms with Gasteiger partial charge >= 0.3 is 6.03 Å². The van der Waals surface area contributed by atoms with Crippen molar-refractivity contribution in [2.45, 2.75) is 6.42 Å². The number of thiophene rings is 1. The maximum atomic E-state index is 11.7. The number of hydrogen-bond donors (Lipinski definition) is 1. The molecule has 1 aromatic carbocycles. The number of rotatable bonds is 1. The maximum absolute atomic E-state index is 11.7. The molecule has 5 nitrogen and oxygen atoms in total. The SMILES string of the molecule is O=C1CC(=O)N(c2ccc3sccc3c2)C(=O)N1. The highest BCUT2D eigenvalue weighted by atomic mass is 32.1. The van der Waals surface area contributed by atoms with Gasteiger partial charge in [0.2, 0.25) is 11.8 Å². The van der Waals surface area contributed by atoms with Gasteiger partial charge in [0.05, 0.1) is 5.69 Å². The monoisotopic (exact) mass is 260 g/mol. The van der Waals surface area contributed by atoms with Crippen LogP contribution in [0.15, 0.2) is 29.6 Å². The largest absolute Gasteiger partial charge is 0.335 e. The Morgan fingerprint density at radius 1 is 1.17 bits per heavy atom. The standard InChI is InChI=1S/C12H8N2O3S/c15-10-6-11(16)14(12(17)13-10)8-1-2-9-7(5-8)3-4-18-9/h1-5H,6H2,(H,13,15,17). The Morgan fingerprint density at radius 2 is 2.00 bits per heavy atom. The van der Waals surface area contributed by atoms with Crippen molar-refractivity contribution in [3.8, 4) is 0 Å². The van der Waals surface area contributed by atoms with Crippen LogP contribution in [0, 0.1) is 0 Å². The number of carbonyl (C=O) groups excluding carboxylic acids is 3. The number of hydrogen-bond acceptors (Lipinski definition) is 4. The second-order valence-electron chi connectivity index (χ2n) is 3.90. The van der Waals surface area contributed by atoms with Crippen LogP contribution in [-0.2, 0) is 9.59 Å². The van der Waals surface area contributed by atoms with Crippen molar-refractivity contribution >= 4 is 45.0 Å². The van der Waals surface area contributed by atoms with Crippen molar-refractivity contribution in [3.05, 3.63) is 29.6 Å². The summed E-state index contributed by atoms with van der Waals surface area (Å²) < 4.78 is 1.08. The Bertz CT molecular complexity index is 657. The van der Waals surface area contributed by atoms with Crippen LogP contribution in [0.4, 0.5) is 10.5 Å². The molecule has 0 aliphatic carbocycles. The van der Waals surface area contributed by atoms with Gasteiger partial charge in [0.15, 0.2) is 0 Å². The third-order valence-electron chi connectivity index (χ3n) is 2.70. The summed E-state index contributed by atoms with van der Waals surface area (Å²) in [5, 5.41) is 5.04. The normalized spacial score (nSPS) is 16.2. The minimum absolute atomic E-state index is 0.298. The fourth-order valence-electron chi connectivity index (χ4n) is 1.90. The highest BCUT2D eigenvalue weighted by Crippen LogP contribution is 2.27. The minimum Gasteiger partial charge on any atom is -0.277 e. The van der Waals surface area contributed by atoms with Gasteiger partial charge in [-0.2, -0.15) is 0 Å². The van der Waals surface area contributed by atoms with E-state index in [4.69, 9.17) is 0 Å². The first kappa shape index (κ1) is 10.9. The zero-order chi connectivity index (χ0) is 12.7. The number of amides is 4. The quantitative estimate of drug-likeness (QED) is 0.796. The van der Waals surface area contributed by atoms with Gasteiger partial charge < -0.3 is 0 Å². The fraction of sp³-hybridized carbons (Fsp3) is 0.0833. The molecule has 0 atom stereocenters. The van der Waals surface area contributed by atoms with E-state index >= 15 is 0 Å². The van der Waals surface area contributed by atoms with Crippen LogP contribution in [0.25, 0.3) is 10.1 Å². The molecule has 6 heteroatoms. The highest BCUT2D eigenvalue weighted by Gasteiger charge is 2.31. The van der Waals surface area contributed by atoms with Crippen molar-refractivity contribution in [2.24, 2.45) is 0 Å². The van der Waals surface area contributed by atoms with Crippen molar-refractivity contribution in [2.75, 3.05) is 4.90 Å². The Morgan fingerprint density at radius 3 is 2.78 bits per heavy atom. The third-order valence-corrected chi connectivity index (χ3v) is 3.60. The van der Waals surface area contributed by atoms with E-state index in [1.807, 2.05) is 17.5 Å². The molecule has 18 heavy (non-hydrogen) atoms. The Hall–Kier alpha value is -2.21. The van der Waals surface area contributed by atoms with Gasteiger partial charge in [0, 0.05) is 4.70 Å². The Labute approximate surface area is 106 Å². The highest BCUT2D eigenvalue weighted by molar-refractivity contribution is 7.17. The number of carbonyl (C=O) groups is 3. The van der Waals surface area contributed by atoms with E-state index in [9.17, 15) is 14.4 Å². The molecule has 4 amide bonds. The smallest absolute Gasteiger partial charge is 0.277 e. The molecule has 1 fully saturated rings. The molecular formula is C12H8N2O3S. The van der Waals surface area contributed by atoms with Gasteiger partial charge in [-0.1, -0.05) is 0 Å². The molecule has 0 unspecified atom stereocenters. The molecule has 2 aromatic rings. The fourth-order valence-corrected chi connectivity index (χ4v) is 2.67. The predicted molar refractivity (Wildman–Crippen MR) is 67.5 cm³/mol. The molecule has 1 N–H and O–H groups in total. The van der Waals surface area contributed by atoms with Gasteiger partial charge in [-0.15, -0.1) is 11.3 Å². The lowest BCUT2D eigenvalue weighted by Crippen LogP contribution is -2.52. The van der Waals surface area contributed by atoms with Crippen LogP contribution in [-0.4, -0.2) is 17.8 Å². The number of fused-ring (bicyclic) bond motifs is 1. The summed E-state index contributed by atoms with van der Waals surface area (Å²) in [6.45, 7) is 0. The van der Waals surface area contributed by atoms with Crippen LogP contribution in [0.2, 0.25) is 0 Å². The summed E-state index contributed by atoms with van der Waals surface area (Å²) in [6, 6.07) is 6.55. The molecule has 1 aromatic heterocycles. The van der Waals surface area contributed by atoms with Gasteiger partial charge in [0.1, 0.15) is 6.42 Å². The van der Waals surface area contributed by atoms with Crippen molar-refractivity contribution in [1.29, 1.82) is 0 Å². The van der Waals surface area contributed by atoms with Crippen LogP contribution in [0.1, 0.15) is 6.42 Å². The Kier molecular flexibility index (Phi) is 2.38. The van der Waals surface area contributed by atoms with Crippen LogP contribution in [0.3, 0.4) is 0 Å². The number of imide groups is 2. The molecule has 1 saturated heterocycles. The summed E-state index contributed by atoms with van der Waals surface area (Å²) in [6.07, 6.45) is -0.298. The lowest BCUT2D eigenvalue weighted by atomic mass is 10.2. The number of anilines is 1. The second kappa shape index (κ2) is 3.92. The van der Waals surface area contributed by atoms with Crippen molar-refractivity contribution in [1.82, 2.24) is 5.32 Å². The van der Waals surface area contributed by atoms with E-state index in [-0.39, 0.29) is 6.42 Å². The topological polar surface area (TPSA) is 66.5 Å². The predicted octanol–water partition coefficient (Wildman–Crippen LogP) is 1.87. The molecule has 0 saturated carbocycles. The van der Waals surface area contributed by atoms with Crippen LogP contribution < -0.4 is 10.2 Å². The summed E-state index contributed by atoms with van der Waals surface area (Å²) >= 11 is 1.59. The van der Waals surface area contributed by atoms with E-state index in [1.54, 1.807) is 23.5 Å². The van der Waals surface area contributed by atoms with Crippen LogP contribution in [0.5, 0.6) is 0 Å². The van der Waals surface area contributed by atoms with E-state index in [1.165, 1.54) is 0 Å². The van der Waals surface area contributed by atoms with Gasteiger partial charge in [-0.3, -0.25) is 14.9 Å². The summed E-state index contributed by atoms with van der Waals surface area (Å²) in [4.78, 5) is 35.5. The number of benzene rings is 1. The molecule has 2 heterocycles. The lowest BCUT2D eigenvalue weighted by molar-refractivity contribution is -0.128. The first-order valence-electron chi connectivity index (χ1n) is 5.29. The molecule has 0 spiro atoms. The molecule has 90 valence electrons. The van der Waals surface area contributed by atoms with Gasteiger partial charge in [0.25, 0.3) is 0 Å². The number of barbiturate groups is 1. The van der Waals surface area contributed by atoms with Crippen molar-refractivity contribution in [3.63, 3.8) is 0 Å². The van der Waals surface area contributed by atoms with E-state index in [0.717, 1.165) is 15.0 Å². The number of nitrogens with one attached hydrogen (secondary N) is 1. The first-order valence-corrected chi connectivity index (χ1v) is 6.17. The molecule has 1 aliphatic rings. The average molecular weight is 260 g/mol. The minimum atomic E-state index is -0.689. The molecular weight excluding hydrogens is 252 g/mol. The number of nitrogens with zero attached hydrogens (tertiary/aromatic N) is 1. The first-order chi connectivity index (χ1) is 8.65. The zero-order valence-corrected chi connectivity index (χ0v) is 9.99. The van der Waals surface area contributed by atoms with E-state index in [2.05, 4.69) is 5.32 Å². The summed E-state index contributed by atoms with van der Waals surface area (Å²) in [5.41, 5.74) is 0.482. The zero-order valence-electron chi connectivity index (χ0n) is 9.17. The van der Waals surface area contributed by atoms with Gasteiger partial charge in [-0.05, 0) is 35.0 Å². The van der Waals surface area contributed by atoms with Crippen LogP contribution >= 0.6 is 11.3 Å². The molecule has 3 rings (SSSR count). The van der Waals surface area contributed by atoms with E-state index in [0.29, 0.717) is 5.69 Å². The summed E-state index contributed by atoms with van der Waals surface area (Å²) in [7, 11) is 0. The maximum Gasteiger partial charge on any atom is 0.335 e. The molecule has 0 bridgehead atoms. The Balaban J connectivity index is 2.04. The van der Waals surface area contributed by atoms with E-state index < -0.39 is 17.8 Å².